The van der Waals surface area contributed by atoms with Crippen molar-refractivity contribution in [1.29, 1.82) is 0 Å². The molecule has 28 heavy (non-hydrogen) atoms. The molecule has 0 aromatic rings. The van der Waals surface area contributed by atoms with E-state index in [4.69, 9.17) is 17.7 Å². The second-order valence-corrected chi connectivity index (χ2v) is 14.2. The highest BCUT2D eigenvalue weighted by Crippen LogP contribution is 2.18. The Morgan fingerprint density at radius 2 is 1.25 bits per heavy atom. The number of Topliss-reactive ketones (excluding diaryl/α,β-unsaturated/α-hetero) is 1. The van der Waals surface area contributed by atoms with Crippen LogP contribution in [0.3, 0.4) is 0 Å². The van der Waals surface area contributed by atoms with Crippen LogP contribution in [-0.4, -0.2) is 62.4 Å². The molecule has 0 amide bonds. The minimum Gasteiger partial charge on any atom is -0.395 e. The summed E-state index contributed by atoms with van der Waals surface area (Å²) >= 11 is 0. The van der Waals surface area contributed by atoms with E-state index in [0.29, 0.717) is 38.6 Å². The van der Waals surface area contributed by atoms with Crippen LogP contribution in [0.5, 0.6) is 0 Å². The number of rotatable bonds is 19. The van der Waals surface area contributed by atoms with Crippen molar-refractivity contribution < 1.29 is 22.5 Å². The summed E-state index contributed by atoms with van der Waals surface area (Å²) in [6, 6.07) is 1.85. The van der Waals surface area contributed by atoms with Crippen LogP contribution in [0.15, 0.2) is 0 Å². The van der Waals surface area contributed by atoms with Crippen LogP contribution >= 0.6 is 0 Å². The lowest BCUT2D eigenvalue weighted by Gasteiger charge is -2.26. The number of hydrogen-bond donors (Lipinski definition) is 1. The normalized spacial score (nSPS) is 13.7. The van der Waals surface area contributed by atoms with Crippen molar-refractivity contribution in [1.82, 2.24) is 5.32 Å². The minimum atomic E-state index is -2.11. The molecule has 0 aromatic heterocycles. The van der Waals surface area contributed by atoms with E-state index in [1.807, 2.05) is 34.6 Å². The van der Waals surface area contributed by atoms with Crippen LogP contribution in [0.4, 0.5) is 0 Å². The van der Waals surface area contributed by atoms with Gasteiger partial charge in [-0.2, -0.15) is 0 Å². The molecule has 0 aliphatic carbocycles. The summed E-state index contributed by atoms with van der Waals surface area (Å²) in [5.74, 6) is 0.356. The first-order valence-corrected chi connectivity index (χ1v) is 16.1. The summed E-state index contributed by atoms with van der Waals surface area (Å²) in [5.41, 5.74) is 0. The van der Waals surface area contributed by atoms with Gasteiger partial charge in [0.2, 0.25) is 0 Å². The zero-order chi connectivity index (χ0) is 21.5. The van der Waals surface area contributed by atoms with E-state index in [0.717, 1.165) is 38.0 Å². The molecule has 0 radical (unpaired) electrons. The Balaban J connectivity index is 4.06. The smallest absolute Gasteiger partial charge is 0.334 e. The van der Waals surface area contributed by atoms with Crippen molar-refractivity contribution in [2.24, 2.45) is 5.92 Å². The molecule has 1 atom stereocenters. The largest absolute Gasteiger partial charge is 0.395 e. The van der Waals surface area contributed by atoms with E-state index in [1.54, 1.807) is 0 Å². The molecule has 6 nitrogen and oxygen atoms in total. The Morgan fingerprint density at radius 1 is 0.821 bits per heavy atom. The lowest BCUT2D eigenvalue weighted by Crippen LogP contribution is -2.39. The van der Waals surface area contributed by atoms with Gasteiger partial charge in [-0.15, -0.1) is 0 Å². The first kappa shape index (κ1) is 27.9. The molecule has 0 saturated heterocycles. The van der Waals surface area contributed by atoms with Crippen LogP contribution in [0.25, 0.3) is 0 Å². The molecule has 0 rings (SSSR count). The third kappa shape index (κ3) is 12.5. The van der Waals surface area contributed by atoms with Gasteiger partial charge in [0.05, 0.1) is 0 Å². The maximum atomic E-state index is 12.4. The number of carbonyl (C=O) groups is 1. The third-order valence-corrected chi connectivity index (χ3v) is 11.0. The Hall–Kier alpha value is -0.0962. The van der Waals surface area contributed by atoms with E-state index in [1.165, 1.54) is 0 Å². The van der Waals surface area contributed by atoms with Gasteiger partial charge in [-0.1, -0.05) is 6.92 Å². The van der Waals surface area contributed by atoms with Crippen molar-refractivity contribution >= 4 is 22.9 Å². The molecule has 0 spiro atoms. The lowest BCUT2D eigenvalue weighted by atomic mass is 10.0. The Labute approximate surface area is 175 Å². The molecular weight excluding hydrogens is 390 g/mol. The summed E-state index contributed by atoms with van der Waals surface area (Å²) in [7, 11) is -4.13. The highest BCUT2D eigenvalue weighted by Gasteiger charge is 2.31. The van der Waals surface area contributed by atoms with E-state index < -0.39 is 17.1 Å². The monoisotopic (exact) mass is 435 g/mol. The quantitative estimate of drug-likeness (QED) is 0.242. The van der Waals surface area contributed by atoms with Crippen LogP contribution in [0.2, 0.25) is 25.2 Å². The Morgan fingerprint density at radius 3 is 1.68 bits per heavy atom. The molecule has 8 heteroatoms. The number of ketones is 1. The number of carbonyl (C=O) groups excluding carboxylic acids is 1. The average molecular weight is 436 g/mol. The fourth-order valence-electron chi connectivity index (χ4n) is 3.39. The van der Waals surface area contributed by atoms with Crippen molar-refractivity contribution in [3.8, 4) is 0 Å². The molecule has 0 heterocycles. The van der Waals surface area contributed by atoms with Gasteiger partial charge >= 0.3 is 17.1 Å². The first-order valence-electron chi connectivity index (χ1n) is 11.0. The minimum absolute atomic E-state index is 0.0366. The Bertz CT molecular complexity index is 400. The molecule has 0 aliphatic heterocycles. The van der Waals surface area contributed by atoms with Gasteiger partial charge in [0.1, 0.15) is 5.78 Å². The van der Waals surface area contributed by atoms with Gasteiger partial charge in [-0.25, -0.2) is 0 Å². The highest BCUT2D eigenvalue weighted by molar-refractivity contribution is 6.66. The maximum Gasteiger partial charge on any atom is 0.334 e. The van der Waals surface area contributed by atoms with Crippen LogP contribution in [-0.2, 0) is 22.5 Å². The van der Waals surface area contributed by atoms with Gasteiger partial charge in [-0.05, 0) is 72.3 Å². The second kappa shape index (κ2) is 15.7. The van der Waals surface area contributed by atoms with E-state index >= 15 is 0 Å². The zero-order valence-corrected chi connectivity index (χ0v) is 21.4. The van der Waals surface area contributed by atoms with Gasteiger partial charge in [0.15, 0.2) is 0 Å². The predicted octanol–water partition coefficient (Wildman–Crippen LogP) is 4.24. The topological polar surface area (TPSA) is 66.0 Å². The van der Waals surface area contributed by atoms with E-state index in [-0.39, 0.29) is 5.92 Å². The lowest BCUT2D eigenvalue weighted by molar-refractivity contribution is -0.122. The van der Waals surface area contributed by atoms with E-state index in [2.05, 4.69) is 18.4 Å². The predicted molar refractivity (Wildman–Crippen MR) is 120 cm³/mol. The maximum absolute atomic E-state index is 12.4. The molecule has 0 bridgehead atoms. The van der Waals surface area contributed by atoms with Crippen LogP contribution < -0.4 is 5.32 Å². The van der Waals surface area contributed by atoms with Gasteiger partial charge < -0.3 is 23.0 Å². The van der Waals surface area contributed by atoms with Crippen molar-refractivity contribution in [2.45, 2.75) is 79.1 Å². The SMILES string of the molecule is CCO[Si](C)(CCCNCC(C)C(=O)CCC[Si](C)(OCC)OCC)OCC. The summed E-state index contributed by atoms with van der Waals surface area (Å²) < 4.78 is 23.4. The molecule has 0 fully saturated rings. The van der Waals surface area contributed by atoms with Crippen molar-refractivity contribution in [2.75, 3.05) is 39.5 Å². The van der Waals surface area contributed by atoms with E-state index in [9.17, 15) is 4.79 Å². The van der Waals surface area contributed by atoms with Crippen LogP contribution in [0, 0.1) is 5.92 Å². The summed E-state index contributed by atoms with van der Waals surface area (Å²) in [5, 5.41) is 3.42. The molecule has 0 aliphatic rings. The van der Waals surface area contributed by atoms with Gasteiger partial charge in [0.25, 0.3) is 0 Å². The molecular formula is C20H45NO5Si2. The molecule has 1 N–H and O–H groups in total. The second-order valence-electron chi connectivity index (χ2n) is 7.53. The highest BCUT2D eigenvalue weighted by atomic mass is 28.4. The fourth-order valence-corrected chi connectivity index (χ4v) is 8.21. The molecule has 0 aromatic carbocycles. The van der Waals surface area contributed by atoms with Gasteiger partial charge in [0, 0.05) is 45.3 Å². The zero-order valence-electron chi connectivity index (χ0n) is 19.4. The number of nitrogens with one attached hydrogen (secondary N) is 1. The molecule has 168 valence electrons. The van der Waals surface area contributed by atoms with Crippen LogP contribution in [0.1, 0.15) is 53.9 Å². The molecule has 1 unspecified atom stereocenters. The summed E-state index contributed by atoms with van der Waals surface area (Å²) in [6.07, 6.45) is 2.46. The third-order valence-electron chi connectivity index (χ3n) is 4.84. The van der Waals surface area contributed by atoms with Crippen molar-refractivity contribution in [3.05, 3.63) is 0 Å². The summed E-state index contributed by atoms with van der Waals surface area (Å²) in [4.78, 5) is 12.4. The van der Waals surface area contributed by atoms with Crippen molar-refractivity contribution in [3.63, 3.8) is 0 Å². The Kier molecular flexibility index (Phi) is 15.7. The average Bonchev–Trinajstić information content (AvgIpc) is 2.62. The first-order chi connectivity index (χ1) is 13.3. The van der Waals surface area contributed by atoms with Gasteiger partial charge in [-0.3, -0.25) is 4.79 Å². The standard InChI is InChI=1S/C20H45NO5Si2/c1-8-23-27(6,24-9-2)16-12-14-20(22)19(5)18-21-15-13-17-28(7,25-10-3)26-11-4/h19,21H,8-18H2,1-7H3. The number of hydrogen-bond acceptors (Lipinski definition) is 6. The molecule has 0 saturated carbocycles. The summed E-state index contributed by atoms with van der Waals surface area (Å²) in [6.45, 7) is 18.6. The fraction of sp³-hybridized carbons (Fsp3) is 0.950.